The second-order valence-corrected chi connectivity index (χ2v) is 5.48. The highest BCUT2D eigenvalue weighted by molar-refractivity contribution is 7.99. The molecule has 0 radical (unpaired) electrons. The van der Waals surface area contributed by atoms with E-state index in [9.17, 15) is 14.4 Å². The van der Waals surface area contributed by atoms with Gasteiger partial charge in [0.15, 0.2) is 0 Å². The number of carbonyl (C=O) groups is 3. The first-order valence-corrected chi connectivity index (χ1v) is 7.42. The lowest BCUT2D eigenvalue weighted by atomic mass is 10.2. The summed E-state index contributed by atoms with van der Waals surface area (Å²) in [6.07, 6.45) is 0.621. The van der Waals surface area contributed by atoms with Gasteiger partial charge < -0.3 is 15.7 Å². The maximum absolute atomic E-state index is 11.8. The summed E-state index contributed by atoms with van der Waals surface area (Å²) in [5.41, 5.74) is 2.17. The summed E-state index contributed by atoms with van der Waals surface area (Å²) < 4.78 is 0. The molecule has 116 valence electrons. The number of aromatic amines is 1. The zero-order valence-electron chi connectivity index (χ0n) is 11.8. The Morgan fingerprint density at radius 2 is 2.19 bits per heavy atom. The Labute approximate surface area is 126 Å². The van der Waals surface area contributed by atoms with E-state index < -0.39 is 12.0 Å². The van der Waals surface area contributed by atoms with Gasteiger partial charge in [0.2, 0.25) is 12.3 Å². The van der Waals surface area contributed by atoms with E-state index in [1.807, 2.05) is 6.92 Å². The molecule has 1 rings (SSSR count). The molecule has 0 aliphatic heterocycles. The van der Waals surface area contributed by atoms with Crippen molar-refractivity contribution in [1.29, 1.82) is 0 Å². The van der Waals surface area contributed by atoms with E-state index in [1.54, 1.807) is 6.92 Å². The van der Waals surface area contributed by atoms with Gasteiger partial charge in [-0.1, -0.05) is 0 Å². The van der Waals surface area contributed by atoms with Gasteiger partial charge in [-0.25, -0.2) is 4.79 Å². The molecule has 4 N–H and O–H groups in total. The van der Waals surface area contributed by atoms with Crippen molar-refractivity contribution in [3.63, 3.8) is 0 Å². The molecule has 0 fully saturated rings. The van der Waals surface area contributed by atoms with E-state index in [-0.39, 0.29) is 18.1 Å². The van der Waals surface area contributed by atoms with Crippen molar-refractivity contribution >= 4 is 35.7 Å². The average molecular weight is 314 g/mol. The van der Waals surface area contributed by atoms with E-state index >= 15 is 0 Å². The lowest BCUT2D eigenvalue weighted by Crippen LogP contribution is -2.36. The highest BCUT2D eigenvalue weighted by Crippen LogP contribution is 2.16. The van der Waals surface area contributed by atoms with Gasteiger partial charge in [-0.05, 0) is 26.0 Å². The van der Waals surface area contributed by atoms with Gasteiger partial charge >= 0.3 is 5.97 Å². The monoisotopic (exact) mass is 314 g/mol. The third kappa shape index (κ3) is 5.46. The molecule has 0 bridgehead atoms. The Morgan fingerprint density at radius 3 is 2.71 bits per heavy atom. The fourth-order valence-corrected chi connectivity index (χ4v) is 2.44. The fourth-order valence-electron chi connectivity index (χ4n) is 1.64. The minimum atomic E-state index is -1.09. The van der Waals surface area contributed by atoms with Crippen molar-refractivity contribution in [1.82, 2.24) is 15.5 Å². The molecule has 21 heavy (non-hydrogen) atoms. The summed E-state index contributed by atoms with van der Waals surface area (Å²) in [7, 11) is 0. The number of carboxylic acids is 1. The third-order valence-electron chi connectivity index (χ3n) is 2.74. The van der Waals surface area contributed by atoms with Crippen LogP contribution in [0.5, 0.6) is 0 Å². The van der Waals surface area contributed by atoms with Crippen LogP contribution < -0.4 is 10.6 Å². The first-order valence-electron chi connectivity index (χ1n) is 6.27. The molecule has 0 saturated heterocycles. The van der Waals surface area contributed by atoms with E-state index in [0.717, 1.165) is 5.69 Å². The van der Waals surface area contributed by atoms with Crippen LogP contribution in [0.2, 0.25) is 0 Å². The van der Waals surface area contributed by atoms with Gasteiger partial charge in [0.1, 0.15) is 6.04 Å². The van der Waals surface area contributed by atoms with Gasteiger partial charge in [0.25, 0.3) is 0 Å². The first kappa shape index (κ1) is 17.0. The molecule has 0 aromatic carbocycles. The quantitative estimate of drug-likeness (QED) is 0.383. The van der Waals surface area contributed by atoms with Crippen LogP contribution in [0, 0.1) is 13.8 Å². The van der Waals surface area contributed by atoms with Crippen LogP contribution in [-0.4, -0.2) is 51.1 Å². The lowest BCUT2D eigenvalue weighted by molar-refractivity contribution is -0.140. The number of anilines is 1. The van der Waals surface area contributed by atoms with Crippen LogP contribution >= 0.6 is 11.8 Å². The van der Waals surface area contributed by atoms with Gasteiger partial charge in [0, 0.05) is 0 Å². The molecular weight excluding hydrogens is 296 g/mol. The Hall–Kier alpha value is -2.03. The van der Waals surface area contributed by atoms with E-state index in [4.69, 9.17) is 5.11 Å². The van der Waals surface area contributed by atoms with E-state index in [1.165, 1.54) is 11.8 Å². The van der Waals surface area contributed by atoms with E-state index in [0.29, 0.717) is 23.5 Å². The Balaban J connectivity index is 2.31. The standard InChI is InChI=1S/C12H18N4O4S/c1-7-11(8(2)16-15-7)14-10(18)5-21-4-3-9(12(19)20)13-6-17/h6,9H,3-5H2,1-2H3,(H,13,17)(H,14,18)(H,15,16)(H,19,20). The normalized spacial score (nSPS) is 11.7. The third-order valence-corrected chi connectivity index (χ3v) is 3.73. The summed E-state index contributed by atoms with van der Waals surface area (Å²) in [4.78, 5) is 32.8. The average Bonchev–Trinajstić information content (AvgIpc) is 2.74. The molecule has 0 aliphatic carbocycles. The molecule has 9 heteroatoms. The molecule has 0 saturated carbocycles. The van der Waals surface area contributed by atoms with E-state index in [2.05, 4.69) is 20.8 Å². The van der Waals surface area contributed by atoms with Crippen molar-refractivity contribution in [3.05, 3.63) is 11.4 Å². The number of nitrogens with zero attached hydrogens (tertiary/aromatic N) is 1. The smallest absolute Gasteiger partial charge is 0.326 e. The van der Waals surface area contributed by atoms with Crippen molar-refractivity contribution in [2.24, 2.45) is 0 Å². The molecule has 2 amide bonds. The number of carbonyl (C=O) groups excluding carboxylic acids is 2. The van der Waals surface area contributed by atoms with Crippen molar-refractivity contribution in [2.75, 3.05) is 16.8 Å². The van der Waals surface area contributed by atoms with Crippen molar-refractivity contribution < 1.29 is 19.5 Å². The van der Waals surface area contributed by atoms with Crippen LogP contribution in [0.4, 0.5) is 5.69 Å². The highest BCUT2D eigenvalue weighted by Gasteiger charge is 2.16. The number of aryl methyl sites for hydroxylation is 2. The number of thioether (sulfide) groups is 1. The predicted molar refractivity (Wildman–Crippen MR) is 79.3 cm³/mol. The fraction of sp³-hybridized carbons (Fsp3) is 0.500. The van der Waals surface area contributed by atoms with Crippen molar-refractivity contribution in [3.8, 4) is 0 Å². The summed E-state index contributed by atoms with van der Waals surface area (Å²) in [6, 6.07) is -0.920. The SMILES string of the molecule is Cc1n[nH]c(C)c1NC(=O)CSCCC(NC=O)C(=O)O. The van der Waals surface area contributed by atoms with Crippen LogP contribution in [0.3, 0.4) is 0 Å². The minimum Gasteiger partial charge on any atom is -0.480 e. The minimum absolute atomic E-state index is 0.178. The zero-order chi connectivity index (χ0) is 15.8. The molecule has 1 unspecified atom stereocenters. The summed E-state index contributed by atoms with van der Waals surface area (Å²) >= 11 is 1.30. The van der Waals surface area contributed by atoms with Gasteiger partial charge in [0.05, 0.1) is 22.8 Å². The number of aromatic nitrogens is 2. The second-order valence-electron chi connectivity index (χ2n) is 4.37. The maximum Gasteiger partial charge on any atom is 0.326 e. The van der Waals surface area contributed by atoms with Crippen LogP contribution in [-0.2, 0) is 14.4 Å². The number of rotatable bonds is 9. The number of nitrogens with one attached hydrogen (secondary N) is 3. The maximum atomic E-state index is 11.8. The molecule has 0 spiro atoms. The number of H-pyrrole nitrogens is 1. The van der Waals surface area contributed by atoms with Crippen molar-refractivity contribution in [2.45, 2.75) is 26.3 Å². The largest absolute Gasteiger partial charge is 0.480 e. The number of hydrogen-bond donors (Lipinski definition) is 4. The molecule has 8 nitrogen and oxygen atoms in total. The second kappa shape index (κ2) is 8.30. The summed E-state index contributed by atoms with van der Waals surface area (Å²) in [5.74, 6) is -0.605. The Morgan fingerprint density at radius 1 is 1.48 bits per heavy atom. The first-order chi connectivity index (χ1) is 9.95. The van der Waals surface area contributed by atoms with Crippen LogP contribution in [0.1, 0.15) is 17.8 Å². The molecule has 1 aromatic rings. The molecule has 1 aromatic heterocycles. The highest BCUT2D eigenvalue weighted by atomic mass is 32.2. The molecular formula is C12H18N4O4S. The molecule has 1 heterocycles. The number of carboxylic acid groups (broad SMARTS) is 1. The number of hydrogen-bond acceptors (Lipinski definition) is 5. The molecule has 1 atom stereocenters. The van der Waals surface area contributed by atoms with Crippen LogP contribution in [0.25, 0.3) is 0 Å². The van der Waals surface area contributed by atoms with Gasteiger partial charge in [-0.3, -0.25) is 14.7 Å². The van der Waals surface area contributed by atoms with Gasteiger partial charge in [-0.2, -0.15) is 16.9 Å². The lowest BCUT2D eigenvalue weighted by Gasteiger charge is -2.10. The number of amides is 2. The summed E-state index contributed by atoms with van der Waals surface area (Å²) in [5, 5.41) is 20.5. The molecule has 0 aliphatic rings. The Bertz CT molecular complexity index is 498. The number of aliphatic carboxylic acids is 1. The zero-order valence-corrected chi connectivity index (χ0v) is 12.6. The van der Waals surface area contributed by atoms with Gasteiger partial charge in [-0.15, -0.1) is 0 Å². The van der Waals surface area contributed by atoms with Crippen LogP contribution in [0.15, 0.2) is 0 Å². The Kier molecular flexibility index (Phi) is 6.73. The summed E-state index contributed by atoms with van der Waals surface area (Å²) in [6.45, 7) is 3.60. The predicted octanol–water partition coefficient (Wildman–Crippen LogP) is 0.288. The topological polar surface area (TPSA) is 124 Å².